The number of sulfone groups is 2. The van der Waals surface area contributed by atoms with Crippen LogP contribution < -0.4 is 0 Å². The summed E-state index contributed by atoms with van der Waals surface area (Å²) in [7, 11) is -3.15. The summed E-state index contributed by atoms with van der Waals surface area (Å²) in [5, 5.41) is -0.818. The summed E-state index contributed by atoms with van der Waals surface area (Å²) in [6.07, 6.45) is 1.41. The van der Waals surface area contributed by atoms with Crippen LogP contribution in [-0.2, 0) is 19.7 Å². The fraction of sp³-hybridized carbons (Fsp3) is 0.429. The largest absolute Gasteiger partial charge is 0.308 e. The van der Waals surface area contributed by atoms with Gasteiger partial charge in [-0.25, -0.2) is 16.8 Å². The van der Waals surface area contributed by atoms with Gasteiger partial charge in [0.25, 0.3) is 0 Å². The van der Waals surface area contributed by atoms with Crippen molar-refractivity contribution in [3.8, 4) is 0 Å². The van der Waals surface area contributed by atoms with Crippen molar-refractivity contribution in [1.82, 2.24) is 4.90 Å². The molecule has 7 heteroatoms. The van der Waals surface area contributed by atoms with E-state index in [0.29, 0.717) is 24.1 Å². The zero-order valence-corrected chi connectivity index (χ0v) is 18.3. The molecular weight excluding hydrogens is 394 g/mol. The highest BCUT2D eigenvalue weighted by Gasteiger charge is 2.29. The third-order valence-electron chi connectivity index (χ3n) is 4.59. The van der Waals surface area contributed by atoms with Crippen LogP contribution in [0.1, 0.15) is 36.1 Å². The van der Waals surface area contributed by atoms with E-state index in [9.17, 15) is 16.8 Å². The molecule has 1 unspecified atom stereocenters. The Morgan fingerprint density at radius 3 is 1.93 bits per heavy atom. The minimum atomic E-state index is -3.48. The van der Waals surface area contributed by atoms with E-state index in [-0.39, 0.29) is 16.4 Å². The Hall–Kier alpha value is -1.70. The normalized spacial score (nSPS) is 13.6. The van der Waals surface area contributed by atoms with Crippen LogP contribution in [0.4, 0.5) is 0 Å². The van der Waals surface area contributed by atoms with Gasteiger partial charge >= 0.3 is 0 Å². The van der Waals surface area contributed by atoms with Gasteiger partial charge in [-0.2, -0.15) is 0 Å². The average Bonchev–Trinajstić information content (AvgIpc) is 2.66. The summed E-state index contributed by atoms with van der Waals surface area (Å²) >= 11 is 0. The number of benzene rings is 2. The minimum absolute atomic E-state index is 0.0239. The number of hydrogen-bond donors (Lipinski definition) is 0. The van der Waals surface area contributed by atoms with E-state index in [1.54, 1.807) is 24.3 Å². The van der Waals surface area contributed by atoms with Crippen LogP contribution in [0.5, 0.6) is 0 Å². The maximum absolute atomic E-state index is 13.1. The van der Waals surface area contributed by atoms with Crippen molar-refractivity contribution in [3.63, 3.8) is 0 Å². The van der Waals surface area contributed by atoms with E-state index in [1.165, 1.54) is 12.1 Å². The van der Waals surface area contributed by atoms with Crippen LogP contribution in [-0.4, -0.2) is 53.9 Å². The molecule has 0 heterocycles. The standard InChI is InChI=1S/C21H29NO4S2/c1-4-5-16-27(23,24)20-13-11-19(12-14-20)21(18-9-7-6-8-10-18)28(25,26)17-15-22(2)3/h6-14,21H,4-5,15-17H2,1-3H3. The molecule has 0 aliphatic carbocycles. The highest BCUT2D eigenvalue weighted by Crippen LogP contribution is 2.31. The lowest BCUT2D eigenvalue weighted by Gasteiger charge is -2.20. The number of unbranched alkanes of at least 4 members (excludes halogenated alkanes) is 1. The molecule has 2 aromatic carbocycles. The second kappa shape index (κ2) is 9.67. The van der Waals surface area contributed by atoms with Gasteiger partial charge in [-0.3, -0.25) is 0 Å². The van der Waals surface area contributed by atoms with E-state index in [2.05, 4.69) is 0 Å². The molecule has 0 radical (unpaired) electrons. The number of hydrogen-bond acceptors (Lipinski definition) is 5. The summed E-state index contributed by atoms with van der Waals surface area (Å²) in [5.74, 6) is 0.127. The van der Waals surface area contributed by atoms with Crippen LogP contribution >= 0.6 is 0 Å². The van der Waals surface area contributed by atoms with Gasteiger partial charge < -0.3 is 4.90 Å². The molecule has 5 nitrogen and oxygen atoms in total. The first-order valence-corrected chi connectivity index (χ1v) is 12.8. The van der Waals surface area contributed by atoms with Gasteiger partial charge in [-0.15, -0.1) is 0 Å². The van der Waals surface area contributed by atoms with Crippen molar-refractivity contribution in [2.45, 2.75) is 29.9 Å². The van der Waals surface area contributed by atoms with Crippen molar-refractivity contribution in [3.05, 3.63) is 65.7 Å². The van der Waals surface area contributed by atoms with E-state index < -0.39 is 24.9 Å². The monoisotopic (exact) mass is 423 g/mol. The number of rotatable bonds is 10. The predicted octanol–water partition coefficient (Wildman–Crippen LogP) is 3.33. The molecule has 0 saturated heterocycles. The van der Waals surface area contributed by atoms with Crippen molar-refractivity contribution in [2.24, 2.45) is 0 Å². The maximum atomic E-state index is 13.1. The quantitative estimate of drug-likeness (QED) is 0.586. The minimum Gasteiger partial charge on any atom is -0.308 e. The summed E-state index contributed by atoms with van der Waals surface area (Å²) in [6.45, 7) is 2.37. The fourth-order valence-corrected chi connectivity index (χ4v) is 6.42. The van der Waals surface area contributed by atoms with Crippen LogP contribution in [0.25, 0.3) is 0 Å². The Morgan fingerprint density at radius 2 is 1.39 bits per heavy atom. The van der Waals surface area contributed by atoms with Gasteiger partial charge in [0.05, 0.1) is 16.4 Å². The van der Waals surface area contributed by atoms with Gasteiger partial charge in [0.2, 0.25) is 0 Å². The lowest BCUT2D eigenvalue weighted by Crippen LogP contribution is -2.26. The van der Waals surface area contributed by atoms with E-state index in [1.807, 2.05) is 44.1 Å². The molecule has 154 valence electrons. The molecule has 0 saturated carbocycles. The molecular formula is C21H29NO4S2. The van der Waals surface area contributed by atoms with Crippen LogP contribution in [0.15, 0.2) is 59.5 Å². The SMILES string of the molecule is CCCCS(=O)(=O)c1ccc(C(c2ccccc2)S(=O)(=O)CCN(C)C)cc1. The third kappa shape index (κ3) is 5.90. The molecule has 0 aliphatic heterocycles. The van der Waals surface area contributed by atoms with Gasteiger partial charge in [0.15, 0.2) is 19.7 Å². The Labute approximate surface area is 169 Å². The van der Waals surface area contributed by atoms with Crippen LogP contribution in [0, 0.1) is 0 Å². The first-order valence-electron chi connectivity index (χ1n) is 9.41. The molecule has 1 atom stereocenters. The Kier molecular flexibility index (Phi) is 7.80. The van der Waals surface area contributed by atoms with Crippen molar-refractivity contribution in [2.75, 3.05) is 32.1 Å². The smallest absolute Gasteiger partial charge is 0.178 e. The second-order valence-electron chi connectivity index (χ2n) is 7.20. The van der Waals surface area contributed by atoms with Gasteiger partial charge in [0, 0.05) is 6.54 Å². The Morgan fingerprint density at radius 1 is 0.821 bits per heavy atom. The zero-order chi connectivity index (χ0) is 20.8. The number of nitrogens with zero attached hydrogens (tertiary/aromatic N) is 1. The third-order valence-corrected chi connectivity index (χ3v) is 8.42. The highest BCUT2D eigenvalue weighted by molar-refractivity contribution is 7.92. The topological polar surface area (TPSA) is 71.5 Å². The predicted molar refractivity (Wildman–Crippen MR) is 114 cm³/mol. The fourth-order valence-electron chi connectivity index (χ4n) is 2.96. The van der Waals surface area contributed by atoms with Crippen molar-refractivity contribution < 1.29 is 16.8 Å². The molecule has 0 aromatic heterocycles. The molecule has 0 spiro atoms. The first-order chi connectivity index (χ1) is 13.2. The van der Waals surface area contributed by atoms with E-state index in [4.69, 9.17) is 0 Å². The lowest BCUT2D eigenvalue weighted by atomic mass is 10.0. The first kappa shape index (κ1) is 22.6. The molecule has 2 aromatic rings. The zero-order valence-electron chi connectivity index (χ0n) is 16.7. The Balaban J connectivity index is 2.42. The van der Waals surface area contributed by atoms with Crippen molar-refractivity contribution in [1.29, 1.82) is 0 Å². The molecule has 0 fully saturated rings. The summed E-state index contributed by atoms with van der Waals surface area (Å²) < 4.78 is 51.0. The summed E-state index contributed by atoms with van der Waals surface area (Å²) in [4.78, 5) is 2.07. The van der Waals surface area contributed by atoms with Gasteiger partial charge in [-0.05, 0) is 43.8 Å². The molecule has 0 bridgehead atoms. The molecule has 28 heavy (non-hydrogen) atoms. The van der Waals surface area contributed by atoms with Crippen molar-refractivity contribution >= 4 is 19.7 Å². The molecule has 0 aliphatic rings. The molecule has 0 amide bonds. The Bertz CT molecular complexity index is 951. The molecule has 2 rings (SSSR count). The van der Waals surface area contributed by atoms with Crippen LogP contribution in [0.3, 0.4) is 0 Å². The van der Waals surface area contributed by atoms with Gasteiger partial charge in [0.1, 0.15) is 5.25 Å². The van der Waals surface area contributed by atoms with E-state index >= 15 is 0 Å². The van der Waals surface area contributed by atoms with Gasteiger partial charge in [-0.1, -0.05) is 55.8 Å². The maximum Gasteiger partial charge on any atom is 0.178 e. The second-order valence-corrected chi connectivity index (χ2v) is 11.5. The molecule has 0 N–H and O–H groups in total. The van der Waals surface area contributed by atoms with Crippen LogP contribution in [0.2, 0.25) is 0 Å². The highest BCUT2D eigenvalue weighted by atomic mass is 32.2. The lowest BCUT2D eigenvalue weighted by molar-refractivity contribution is 0.431. The summed E-state index contributed by atoms with van der Waals surface area (Å²) in [6, 6.07) is 15.4. The summed E-state index contributed by atoms with van der Waals surface area (Å²) in [5.41, 5.74) is 1.27. The van der Waals surface area contributed by atoms with E-state index in [0.717, 1.165) is 6.42 Å². The average molecular weight is 424 g/mol.